The zero-order valence-electron chi connectivity index (χ0n) is 15.8. The molecule has 0 fully saturated rings. The molecule has 4 rings (SSSR count). The Morgan fingerprint density at radius 1 is 1.17 bits per heavy atom. The number of allylic oxidation sites excluding steroid dienone is 3. The molecule has 2 aromatic rings. The maximum absolute atomic E-state index is 13.2. The summed E-state index contributed by atoms with van der Waals surface area (Å²) in [7, 11) is 1.59. The lowest BCUT2D eigenvalue weighted by Gasteiger charge is -2.34. The number of carbonyl (C=O) groups excluding carboxylic acids is 1. The zero-order valence-corrected chi connectivity index (χ0v) is 16.6. The van der Waals surface area contributed by atoms with Gasteiger partial charge < -0.3 is 15.2 Å². The Morgan fingerprint density at radius 3 is 2.55 bits per heavy atom. The van der Waals surface area contributed by atoms with Crippen LogP contribution in [-0.4, -0.2) is 12.9 Å². The van der Waals surface area contributed by atoms with Crippen molar-refractivity contribution in [1.29, 1.82) is 5.26 Å². The molecule has 0 unspecified atom stereocenters. The number of nitriles is 1. The van der Waals surface area contributed by atoms with Crippen LogP contribution in [0.25, 0.3) is 0 Å². The van der Waals surface area contributed by atoms with Gasteiger partial charge in [0.25, 0.3) is 0 Å². The lowest BCUT2D eigenvalue weighted by atomic mass is 9.73. The van der Waals surface area contributed by atoms with Gasteiger partial charge in [0.15, 0.2) is 5.78 Å². The van der Waals surface area contributed by atoms with E-state index in [-0.39, 0.29) is 23.2 Å². The van der Waals surface area contributed by atoms with E-state index < -0.39 is 5.92 Å². The fourth-order valence-electron chi connectivity index (χ4n) is 4.06. The second-order valence-corrected chi connectivity index (χ2v) is 7.49. The molecule has 0 bridgehead atoms. The average molecular weight is 407 g/mol. The van der Waals surface area contributed by atoms with Crippen molar-refractivity contribution in [2.24, 2.45) is 5.73 Å². The second-order valence-electron chi connectivity index (χ2n) is 7.08. The number of carbonyl (C=O) groups is 1. The highest BCUT2D eigenvalue weighted by atomic mass is 35.5. The average Bonchev–Trinajstić information content (AvgIpc) is 2.73. The van der Waals surface area contributed by atoms with Crippen molar-refractivity contribution < 1.29 is 14.3 Å². The van der Waals surface area contributed by atoms with Gasteiger partial charge in [0.05, 0.1) is 13.0 Å². The minimum atomic E-state index is -0.547. The first-order valence-corrected chi connectivity index (χ1v) is 9.63. The van der Waals surface area contributed by atoms with Gasteiger partial charge in [-0.15, -0.1) is 0 Å². The fraction of sp³-hybridized carbons (Fsp3) is 0.217. The van der Waals surface area contributed by atoms with Crippen molar-refractivity contribution >= 4 is 17.4 Å². The predicted octanol–water partition coefficient (Wildman–Crippen LogP) is 4.56. The van der Waals surface area contributed by atoms with E-state index in [0.717, 1.165) is 11.1 Å². The maximum Gasteiger partial charge on any atom is 0.205 e. The number of rotatable bonds is 3. The van der Waals surface area contributed by atoms with Crippen molar-refractivity contribution in [2.75, 3.05) is 7.11 Å². The zero-order chi connectivity index (χ0) is 20.5. The number of ether oxygens (including phenoxy) is 2. The molecule has 1 aliphatic carbocycles. The summed E-state index contributed by atoms with van der Waals surface area (Å²) in [5.41, 5.74) is 8.54. The molecular formula is C23H19ClN2O3. The first kappa shape index (κ1) is 19.1. The van der Waals surface area contributed by atoms with Gasteiger partial charge in [0, 0.05) is 23.4 Å². The minimum absolute atomic E-state index is 0.0414. The topological polar surface area (TPSA) is 85.3 Å². The third kappa shape index (κ3) is 3.37. The van der Waals surface area contributed by atoms with Crippen molar-refractivity contribution in [2.45, 2.75) is 24.7 Å². The summed E-state index contributed by atoms with van der Waals surface area (Å²) in [4.78, 5) is 13.2. The summed E-state index contributed by atoms with van der Waals surface area (Å²) in [6.07, 6.45) is 0.800. The van der Waals surface area contributed by atoms with E-state index in [0.29, 0.717) is 34.9 Å². The molecule has 0 spiro atoms. The summed E-state index contributed by atoms with van der Waals surface area (Å²) in [6.45, 7) is 0. The van der Waals surface area contributed by atoms with E-state index in [4.69, 9.17) is 26.8 Å². The molecule has 29 heavy (non-hydrogen) atoms. The largest absolute Gasteiger partial charge is 0.497 e. The molecule has 0 saturated carbocycles. The Bertz CT molecular complexity index is 1080. The molecule has 146 valence electrons. The number of methoxy groups -OCH3 is 1. The van der Waals surface area contributed by atoms with Crippen LogP contribution in [0.2, 0.25) is 5.02 Å². The van der Waals surface area contributed by atoms with Gasteiger partial charge in [-0.25, -0.2) is 0 Å². The van der Waals surface area contributed by atoms with E-state index in [1.807, 2.05) is 36.4 Å². The monoisotopic (exact) mass is 406 g/mol. The highest BCUT2D eigenvalue weighted by Crippen LogP contribution is 2.47. The SMILES string of the molecule is COc1ccc([C@H]2C(C#N)=C(N)OC3=C2C(=O)C[C@@H](c2ccccc2Cl)C3)cc1. The Balaban J connectivity index is 1.78. The van der Waals surface area contributed by atoms with Gasteiger partial charge in [0.2, 0.25) is 5.88 Å². The molecule has 6 heteroatoms. The number of ketones is 1. The maximum atomic E-state index is 13.2. The number of Topliss-reactive ketones (excluding diaryl/α,β-unsaturated/α-hetero) is 1. The summed E-state index contributed by atoms with van der Waals surface area (Å²) in [5, 5.41) is 10.3. The van der Waals surface area contributed by atoms with Crippen LogP contribution >= 0.6 is 11.6 Å². The molecular weight excluding hydrogens is 388 g/mol. The highest BCUT2D eigenvalue weighted by Gasteiger charge is 2.41. The van der Waals surface area contributed by atoms with Crippen LogP contribution in [0, 0.1) is 11.3 Å². The number of halogens is 1. The fourth-order valence-corrected chi connectivity index (χ4v) is 4.35. The summed E-state index contributed by atoms with van der Waals surface area (Å²) < 4.78 is 11.0. The van der Waals surface area contributed by atoms with Crippen LogP contribution in [-0.2, 0) is 9.53 Å². The number of hydrogen-bond donors (Lipinski definition) is 1. The van der Waals surface area contributed by atoms with Gasteiger partial charge in [-0.05, 0) is 35.2 Å². The van der Waals surface area contributed by atoms with E-state index in [1.165, 1.54) is 0 Å². The number of benzene rings is 2. The van der Waals surface area contributed by atoms with E-state index in [1.54, 1.807) is 19.2 Å². The molecule has 2 aliphatic rings. The molecule has 1 heterocycles. The molecule has 0 amide bonds. The number of hydrogen-bond acceptors (Lipinski definition) is 5. The molecule has 1 aliphatic heterocycles. The molecule has 2 N–H and O–H groups in total. The Kier molecular flexibility index (Phi) is 5.04. The number of nitrogens with zero attached hydrogens (tertiary/aromatic N) is 1. The summed E-state index contributed by atoms with van der Waals surface area (Å²) >= 11 is 6.35. The van der Waals surface area contributed by atoms with Gasteiger partial charge in [-0.3, -0.25) is 4.79 Å². The van der Waals surface area contributed by atoms with Crippen LogP contribution in [0.3, 0.4) is 0 Å². The minimum Gasteiger partial charge on any atom is -0.497 e. The van der Waals surface area contributed by atoms with Crippen LogP contribution < -0.4 is 10.5 Å². The van der Waals surface area contributed by atoms with Crippen molar-refractivity contribution in [1.82, 2.24) is 0 Å². The highest BCUT2D eigenvalue weighted by molar-refractivity contribution is 6.31. The first-order valence-electron chi connectivity index (χ1n) is 9.25. The normalized spacial score (nSPS) is 21.3. The van der Waals surface area contributed by atoms with Crippen molar-refractivity contribution in [3.63, 3.8) is 0 Å². The molecule has 0 radical (unpaired) electrons. The van der Waals surface area contributed by atoms with E-state index in [2.05, 4.69) is 6.07 Å². The Labute approximate surface area is 174 Å². The Morgan fingerprint density at radius 2 is 1.90 bits per heavy atom. The summed E-state index contributed by atoms with van der Waals surface area (Å²) in [6, 6.07) is 16.9. The van der Waals surface area contributed by atoms with Crippen LogP contribution in [0.4, 0.5) is 0 Å². The molecule has 0 aromatic heterocycles. The van der Waals surface area contributed by atoms with Crippen LogP contribution in [0.5, 0.6) is 5.75 Å². The van der Waals surface area contributed by atoms with Crippen molar-refractivity contribution in [3.8, 4) is 11.8 Å². The third-order valence-corrected chi connectivity index (χ3v) is 5.80. The standard InChI is InChI=1S/C23H19ClN2O3/c1-28-15-8-6-13(7-9-15)21-17(12-25)23(26)29-20-11-14(10-19(27)22(20)21)16-4-2-3-5-18(16)24/h2-9,14,21H,10-11,26H2,1H3/t14-,21+/m1/s1. The van der Waals surface area contributed by atoms with Gasteiger partial charge in [0.1, 0.15) is 23.2 Å². The molecule has 0 saturated heterocycles. The molecule has 2 atom stereocenters. The van der Waals surface area contributed by atoms with E-state index in [9.17, 15) is 10.1 Å². The third-order valence-electron chi connectivity index (χ3n) is 5.46. The van der Waals surface area contributed by atoms with Gasteiger partial charge in [-0.2, -0.15) is 5.26 Å². The Hall–Kier alpha value is -3.23. The smallest absolute Gasteiger partial charge is 0.205 e. The number of nitrogens with two attached hydrogens (primary N) is 1. The van der Waals surface area contributed by atoms with Gasteiger partial charge >= 0.3 is 0 Å². The molecule has 5 nitrogen and oxygen atoms in total. The summed E-state index contributed by atoms with van der Waals surface area (Å²) in [5.74, 6) is 0.553. The van der Waals surface area contributed by atoms with Gasteiger partial charge in [-0.1, -0.05) is 41.9 Å². The van der Waals surface area contributed by atoms with E-state index >= 15 is 0 Å². The van der Waals surface area contributed by atoms with Crippen molar-refractivity contribution in [3.05, 3.63) is 87.5 Å². The lowest BCUT2D eigenvalue weighted by molar-refractivity contribution is -0.117. The lowest BCUT2D eigenvalue weighted by Crippen LogP contribution is -2.30. The van der Waals surface area contributed by atoms with Crippen LogP contribution in [0.1, 0.15) is 35.8 Å². The quantitative estimate of drug-likeness (QED) is 0.807. The molecule has 2 aromatic carbocycles. The first-order chi connectivity index (χ1) is 14.0. The predicted molar refractivity (Wildman–Crippen MR) is 109 cm³/mol. The second kappa shape index (κ2) is 7.65. The van der Waals surface area contributed by atoms with Crippen LogP contribution in [0.15, 0.2) is 71.3 Å².